The third kappa shape index (κ3) is 3.07. The number of para-hydroxylation sites is 1. The van der Waals surface area contributed by atoms with Gasteiger partial charge in [-0.15, -0.1) is 0 Å². The van der Waals surface area contributed by atoms with E-state index in [0.29, 0.717) is 17.0 Å². The topological polar surface area (TPSA) is 54.9 Å². The maximum Gasteiger partial charge on any atom is 0.253 e. The molecule has 1 aromatic carbocycles. The molecule has 1 heterocycles. The molecule has 1 aromatic heterocycles. The quantitative estimate of drug-likeness (QED) is 0.866. The molecule has 0 aliphatic heterocycles. The van der Waals surface area contributed by atoms with E-state index in [2.05, 4.69) is 31.2 Å². The molecule has 1 N–H and O–H groups in total. The van der Waals surface area contributed by atoms with E-state index in [1.165, 1.54) is 19.3 Å². The summed E-state index contributed by atoms with van der Waals surface area (Å²) in [7, 11) is 0. The van der Waals surface area contributed by atoms with Gasteiger partial charge in [0.25, 0.3) is 5.91 Å². The molecule has 2 atom stereocenters. The van der Waals surface area contributed by atoms with Gasteiger partial charge in [-0.25, -0.2) is 0 Å². The standard InChI is InChI=1S/C16H18BrN3O/c17-10-11-4-1-2-6-13(11)20-16(21)12-5-3-7-14-15(12)19-9-8-18-14/h3,5,7-9,11,13H,1-2,4,6,10H2,(H,20,21). The van der Waals surface area contributed by atoms with Crippen LogP contribution >= 0.6 is 15.9 Å². The largest absolute Gasteiger partial charge is 0.349 e. The molecular formula is C16H18BrN3O. The van der Waals surface area contributed by atoms with Crippen LogP contribution in [0.15, 0.2) is 30.6 Å². The van der Waals surface area contributed by atoms with Crippen LogP contribution in [0.1, 0.15) is 36.0 Å². The van der Waals surface area contributed by atoms with Crippen molar-refractivity contribution in [3.05, 3.63) is 36.2 Å². The lowest BCUT2D eigenvalue weighted by molar-refractivity contribution is 0.0913. The van der Waals surface area contributed by atoms with Gasteiger partial charge in [-0.1, -0.05) is 34.8 Å². The molecule has 110 valence electrons. The minimum absolute atomic E-state index is 0.0426. The van der Waals surface area contributed by atoms with E-state index in [4.69, 9.17) is 0 Å². The van der Waals surface area contributed by atoms with E-state index in [9.17, 15) is 4.79 Å². The number of aromatic nitrogens is 2. The monoisotopic (exact) mass is 347 g/mol. The molecule has 2 aromatic rings. The van der Waals surface area contributed by atoms with Gasteiger partial charge in [0.1, 0.15) is 5.52 Å². The molecule has 21 heavy (non-hydrogen) atoms. The Kier molecular flexibility index (Phi) is 4.48. The van der Waals surface area contributed by atoms with Crippen molar-refractivity contribution in [3.8, 4) is 0 Å². The summed E-state index contributed by atoms with van der Waals surface area (Å²) in [6, 6.07) is 5.80. The lowest BCUT2D eigenvalue weighted by atomic mass is 9.85. The number of nitrogens with zero attached hydrogens (tertiary/aromatic N) is 2. The molecule has 3 rings (SSSR count). The van der Waals surface area contributed by atoms with Crippen LogP contribution in [0.25, 0.3) is 11.0 Å². The maximum absolute atomic E-state index is 12.6. The second-order valence-corrected chi connectivity index (χ2v) is 6.16. The van der Waals surface area contributed by atoms with Crippen molar-refractivity contribution in [2.24, 2.45) is 5.92 Å². The molecule has 1 aliphatic rings. The van der Waals surface area contributed by atoms with Gasteiger partial charge in [-0.05, 0) is 30.9 Å². The summed E-state index contributed by atoms with van der Waals surface area (Å²) < 4.78 is 0. The Morgan fingerprint density at radius 3 is 2.90 bits per heavy atom. The first-order valence-electron chi connectivity index (χ1n) is 7.36. The Labute approximate surface area is 132 Å². The summed E-state index contributed by atoms with van der Waals surface area (Å²) in [5.74, 6) is 0.475. The summed E-state index contributed by atoms with van der Waals surface area (Å²) in [6.07, 6.45) is 7.93. The average molecular weight is 348 g/mol. The first kappa shape index (κ1) is 14.4. The summed E-state index contributed by atoms with van der Waals surface area (Å²) in [5, 5.41) is 4.13. The molecule has 1 amide bonds. The normalized spacial score (nSPS) is 22.1. The van der Waals surface area contributed by atoms with Gasteiger partial charge in [-0.3, -0.25) is 14.8 Å². The number of nitrogens with one attached hydrogen (secondary N) is 1. The van der Waals surface area contributed by atoms with E-state index in [-0.39, 0.29) is 11.9 Å². The van der Waals surface area contributed by atoms with E-state index < -0.39 is 0 Å². The number of alkyl halides is 1. The molecule has 2 unspecified atom stereocenters. The van der Waals surface area contributed by atoms with Gasteiger partial charge >= 0.3 is 0 Å². The van der Waals surface area contributed by atoms with Gasteiger partial charge in [0.15, 0.2) is 0 Å². The van der Waals surface area contributed by atoms with Gasteiger partial charge in [0.05, 0.1) is 11.1 Å². The maximum atomic E-state index is 12.6. The molecule has 1 aliphatic carbocycles. The van der Waals surface area contributed by atoms with Crippen molar-refractivity contribution in [2.75, 3.05) is 5.33 Å². The first-order valence-corrected chi connectivity index (χ1v) is 8.48. The van der Waals surface area contributed by atoms with Crippen molar-refractivity contribution in [1.29, 1.82) is 0 Å². The molecule has 0 bridgehead atoms. The first-order chi connectivity index (χ1) is 10.3. The van der Waals surface area contributed by atoms with Crippen LogP contribution in [-0.4, -0.2) is 27.2 Å². The number of halogens is 1. The van der Waals surface area contributed by atoms with Gasteiger partial charge < -0.3 is 5.32 Å². The van der Waals surface area contributed by atoms with Gasteiger partial charge in [-0.2, -0.15) is 0 Å². The molecule has 1 saturated carbocycles. The molecule has 0 spiro atoms. The number of hydrogen-bond acceptors (Lipinski definition) is 3. The highest BCUT2D eigenvalue weighted by atomic mass is 79.9. The number of fused-ring (bicyclic) bond motifs is 1. The molecule has 0 saturated heterocycles. The van der Waals surface area contributed by atoms with Crippen LogP contribution in [0.5, 0.6) is 0 Å². The number of carbonyl (C=O) groups is 1. The minimum Gasteiger partial charge on any atom is -0.349 e. The summed E-state index contributed by atoms with van der Waals surface area (Å²) >= 11 is 3.56. The Morgan fingerprint density at radius 2 is 2.05 bits per heavy atom. The number of amides is 1. The van der Waals surface area contributed by atoms with Crippen molar-refractivity contribution < 1.29 is 4.79 Å². The fourth-order valence-electron chi connectivity index (χ4n) is 3.00. The number of hydrogen-bond donors (Lipinski definition) is 1. The van der Waals surface area contributed by atoms with Crippen molar-refractivity contribution in [3.63, 3.8) is 0 Å². The van der Waals surface area contributed by atoms with Crippen molar-refractivity contribution in [1.82, 2.24) is 15.3 Å². The second-order valence-electron chi connectivity index (χ2n) is 5.51. The minimum atomic E-state index is -0.0426. The Balaban J connectivity index is 1.84. The third-order valence-corrected chi connectivity index (χ3v) is 5.00. The zero-order valence-corrected chi connectivity index (χ0v) is 13.3. The third-order valence-electron chi connectivity index (χ3n) is 4.17. The summed E-state index contributed by atoms with van der Waals surface area (Å²) in [4.78, 5) is 21.1. The van der Waals surface area contributed by atoms with Crippen LogP contribution < -0.4 is 5.32 Å². The summed E-state index contributed by atoms with van der Waals surface area (Å²) in [6.45, 7) is 0. The summed E-state index contributed by atoms with van der Waals surface area (Å²) in [5.41, 5.74) is 2.04. The highest BCUT2D eigenvalue weighted by Crippen LogP contribution is 2.26. The van der Waals surface area contributed by atoms with E-state index >= 15 is 0 Å². The van der Waals surface area contributed by atoms with Gasteiger partial charge in [0, 0.05) is 23.8 Å². The predicted molar refractivity (Wildman–Crippen MR) is 86.5 cm³/mol. The fourth-order valence-corrected chi connectivity index (χ4v) is 3.78. The average Bonchev–Trinajstić information content (AvgIpc) is 2.54. The van der Waals surface area contributed by atoms with Crippen LogP contribution in [0, 0.1) is 5.92 Å². The SMILES string of the molecule is O=C(NC1CCCCC1CBr)c1cccc2nccnc12. The van der Waals surface area contributed by atoms with Gasteiger partial charge in [0.2, 0.25) is 0 Å². The smallest absolute Gasteiger partial charge is 0.253 e. The van der Waals surface area contributed by atoms with E-state index in [1.807, 2.05) is 18.2 Å². The van der Waals surface area contributed by atoms with Crippen LogP contribution in [0.2, 0.25) is 0 Å². The Morgan fingerprint density at radius 1 is 1.24 bits per heavy atom. The number of rotatable bonds is 3. The molecule has 1 fully saturated rings. The second kappa shape index (κ2) is 6.52. The molecule has 5 heteroatoms. The Hall–Kier alpha value is -1.49. The van der Waals surface area contributed by atoms with Crippen molar-refractivity contribution >= 4 is 32.9 Å². The van der Waals surface area contributed by atoms with Crippen molar-refractivity contribution in [2.45, 2.75) is 31.7 Å². The predicted octanol–water partition coefficient (Wildman–Crippen LogP) is 3.31. The van der Waals surface area contributed by atoms with Crippen LogP contribution in [0.4, 0.5) is 0 Å². The fraction of sp³-hybridized carbons (Fsp3) is 0.438. The molecular weight excluding hydrogens is 330 g/mol. The van der Waals surface area contributed by atoms with E-state index in [1.54, 1.807) is 12.4 Å². The van der Waals surface area contributed by atoms with Crippen LogP contribution in [0.3, 0.4) is 0 Å². The molecule has 0 radical (unpaired) electrons. The Bertz CT molecular complexity index is 641. The van der Waals surface area contributed by atoms with E-state index in [0.717, 1.165) is 17.3 Å². The van der Waals surface area contributed by atoms with Crippen LogP contribution in [-0.2, 0) is 0 Å². The number of benzene rings is 1. The zero-order valence-electron chi connectivity index (χ0n) is 11.8. The zero-order chi connectivity index (χ0) is 14.7. The highest BCUT2D eigenvalue weighted by Gasteiger charge is 2.26. The highest BCUT2D eigenvalue weighted by molar-refractivity contribution is 9.09. The molecule has 4 nitrogen and oxygen atoms in total. The lowest BCUT2D eigenvalue weighted by Gasteiger charge is -2.31. The number of carbonyl (C=O) groups excluding carboxylic acids is 1. The lowest BCUT2D eigenvalue weighted by Crippen LogP contribution is -2.42.